The van der Waals surface area contributed by atoms with Crippen molar-refractivity contribution in [3.63, 3.8) is 0 Å². The molecular weight excluding hydrogens is 480 g/mol. The molecule has 3 heterocycles. The molecule has 2 aliphatic heterocycles. The molecule has 9 nitrogen and oxygen atoms in total. The van der Waals surface area contributed by atoms with Gasteiger partial charge in [0.05, 0.1) is 25.4 Å². The van der Waals surface area contributed by atoms with E-state index < -0.39 is 23.3 Å². The number of amides is 1. The number of nitrogens with zero attached hydrogens (tertiary/aromatic N) is 4. The van der Waals surface area contributed by atoms with Crippen molar-refractivity contribution in [1.29, 1.82) is 0 Å². The van der Waals surface area contributed by atoms with Crippen molar-refractivity contribution in [2.24, 2.45) is 0 Å². The second-order valence-electron chi connectivity index (χ2n) is 8.18. The number of benzene rings is 2. The second kappa shape index (κ2) is 9.29. The molecule has 0 saturated carbocycles. The van der Waals surface area contributed by atoms with Gasteiger partial charge in [0.15, 0.2) is 17.3 Å². The van der Waals surface area contributed by atoms with Crippen molar-refractivity contribution in [2.45, 2.75) is 12.1 Å². The van der Waals surface area contributed by atoms with E-state index in [0.717, 1.165) is 0 Å². The summed E-state index contributed by atoms with van der Waals surface area (Å²) in [5, 5.41) is 7.47. The number of aromatic nitrogens is 2. The molecule has 0 radical (unpaired) electrons. The molecule has 1 fully saturated rings. The summed E-state index contributed by atoms with van der Waals surface area (Å²) in [7, 11) is 3.65. The predicted octanol–water partition coefficient (Wildman–Crippen LogP) is 4.32. The monoisotopic (exact) mass is 501 g/mol. The zero-order chi connectivity index (χ0) is 24.6. The highest BCUT2D eigenvalue weighted by Gasteiger charge is 2.54. The summed E-state index contributed by atoms with van der Waals surface area (Å²) in [4.78, 5) is 14.5. The summed E-state index contributed by atoms with van der Waals surface area (Å²) in [6, 6.07) is 11.1. The Morgan fingerprint density at radius 2 is 2.00 bits per heavy atom. The van der Waals surface area contributed by atoms with Gasteiger partial charge in [-0.2, -0.15) is 9.49 Å². The lowest BCUT2D eigenvalue weighted by Crippen LogP contribution is -2.63. The highest BCUT2D eigenvalue weighted by atomic mass is 32.2. The lowest BCUT2D eigenvalue weighted by Gasteiger charge is -2.51. The first kappa shape index (κ1) is 23.3. The van der Waals surface area contributed by atoms with Crippen LogP contribution in [-0.2, 0) is 16.8 Å². The van der Waals surface area contributed by atoms with Crippen LogP contribution in [0.4, 0.5) is 19.3 Å². The Balaban J connectivity index is 1.46. The van der Waals surface area contributed by atoms with E-state index in [1.807, 2.05) is 14.1 Å². The molecule has 12 heteroatoms. The molecule has 1 amide bonds. The fourth-order valence-electron chi connectivity index (χ4n) is 3.91. The van der Waals surface area contributed by atoms with E-state index in [0.29, 0.717) is 5.56 Å². The minimum absolute atomic E-state index is 0.0882. The van der Waals surface area contributed by atoms with Gasteiger partial charge < -0.3 is 18.9 Å². The van der Waals surface area contributed by atoms with E-state index in [2.05, 4.69) is 14.9 Å². The van der Waals surface area contributed by atoms with Crippen LogP contribution in [0.3, 0.4) is 0 Å². The Morgan fingerprint density at radius 3 is 2.69 bits per heavy atom. The van der Waals surface area contributed by atoms with Gasteiger partial charge in [-0.25, -0.2) is 13.5 Å². The first-order valence-electron chi connectivity index (χ1n) is 10.6. The Morgan fingerprint density at radius 1 is 1.17 bits per heavy atom. The SMILES string of the molecule is CN(C)SNc1cccc(CN2C(=O)Oc3c(ccc(Oc4cccnn4)c3F)C23COC3)c1F. The molecule has 0 aliphatic carbocycles. The van der Waals surface area contributed by atoms with E-state index in [9.17, 15) is 4.79 Å². The number of carbonyl (C=O) groups is 1. The van der Waals surface area contributed by atoms with Gasteiger partial charge in [-0.1, -0.05) is 12.1 Å². The van der Waals surface area contributed by atoms with Crippen LogP contribution >= 0.6 is 12.1 Å². The van der Waals surface area contributed by atoms with E-state index in [1.165, 1.54) is 35.4 Å². The van der Waals surface area contributed by atoms with Gasteiger partial charge in [-0.05, 0) is 38.4 Å². The average molecular weight is 502 g/mol. The van der Waals surface area contributed by atoms with Gasteiger partial charge in [0.2, 0.25) is 11.7 Å². The quantitative estimate of drug-likeness (QED) is 0.476. The molecule has 1 N–H and O–H groups in total. The summed E-state index contributed by atoms with van der Waals surface area (Å²) < 4.78 is 51.6. The molecule has 1 saturated heterocycles. The first-order valence-corrected chi connectivity index (χ1v) is 11.4. The maximum atomic E-state index is 15.4. The van der Waals surface area contributed by atoms with Gasteiger partial charge in [0.25, 0.3) is 0 Å². The van der Waals surface area contributed by atoms with Crippen molar-refractivity contribution in [1.82, 2.24) is 19.4 Å². The largest absolute Gasteiger partial charge is 0.434 e. The molecule has 1 aromatic heterocycles. The van der Waals surface area contributed by atoms with Gasteiger partial charge in [0, 0.05) is 35.5 Å². The van der Waals surface area contributed by atoms with Crippen LogP contribution < -0.4 is 14.2 Å². The van der Waals surface area contributed by atoms with E-state index in [4.69, 9.17) is 14.2 Å². The summed E-state index contributed by atoms with van der Waals surface area (Å²) in [5.41, 5.74) is -0.0118. The fraction of sp³-hybridized carbons (Fsp3) is 0.261. The third-order valence-corrected chi connectivity index (χ3v) is 6.36. The third-order valence-electron chi connectivity index (χ3n) is 5.68. The molecule has 2 aliphatic rings. The lowest BCUT2D eigenvalue weighted by atomic mass is 9.84. The molecule has 5 rings (SSSR count). The number of hydrogen-bond acceptors (Lipinski definition) is 9. The number of fused-ring (bicyclic) bond motifs is 2. The van der Waals surface area contributed by atoms with Crippen LogP contribution in [0.1, 0.15) is 11.1 Å². The highest BCUT2D eigenvalue weighted by molar-refractivity contribution is 7.98. The second-order valence-corrected chi connectivity index (χ2v) is 9.30. The number of rotatable bonds is 7. The van der Waals surface area contributed by atoms with E-state index in [1.54, 1.807) is 34.6 Å². The van der Waals surface area contributed by atoms with Gasteiger partial charge in [0.1, 0.15) is 5.54 Å². The van der Waals surface area contributed by atoms with Crippen LogP contribution in [-0.4, -0.2) is 52.8 Å². The number of halogens is 2. The molecule has 0 bridgehead atoms. The average Bonchev–Trinajstić information content (AvgIpc) is 2.82. The van der Waals surface area contributed by atoms with Gasteiger partial charge in [-0.15, -0.1) is 5.10 Å². The minimum Gasteiger partial charge on any atom is -0.434 e. The number of hydrogen-bond donors (Lipinski definition) is 1. The number of nitrogens with one attached hydrogen (secondary N) is 1. The maximum absolute atomic E-state index is 15.4. The lowest BCUT2D eigenvalue weighted by molar-refractivity contribution is -0.143. The normalized spacial score (nSPS) is 16.0. The van der Waals surface area contributed by atoms with Crippen molar-refractivity contribution < 1.29 is 27.8 Å². The van der Waals surface area contributed by atoms with Gasteiger partial charge in [-0.3, -0.25) is 4.90 Å². The van der Waals surface area contributed by atoms with Crippen molar-refractivity contribution in [3.8, 4) is 17.4 Å². The summed E-state index contributed by atoms with van der Waals surface area (Å²) in [6.45, 7) is 0.152. The molecule has 0 unspecified atom stereocenters. The zero-order valence-corrected chi connectivity index (χ0v) is 19.6. The van der Waals surface area contributed by atoms with Crippen molar-refractivity contribution >= 4 is 23.9 Å². The highest BCUT2D eigenvalue weighted by Crippen LogP contribution is 2.48. The van der Waals surface area contributed by atoms with Crippen molar-refractivity contribution in [2.75, 3.05) is 32.0 Å². The first-order chi connectivity index (χ1) is 16.9. The smallest absolute Gasteiger partial charge is 0.416 e. The third kappa shape index (κ3) is 4.24. The molecular formula is C23H21F2N5O4S. The fourth-order valence-corrected chi connectivity index (χ4v) is 4.35. The molecule has 3 aromatic rings. The Kier molecular flexibility index (Phi) is 6.17. The van der Waals surface area contributed by atoms with Crippen LogP contribution in [0, 0.1) is 11.6 Å². The zero-order valence-electron chi connectivity index (χ0n) is 18.8. The minimum atomic E-state index is -0.995. The Labute approximate surface area is 204 Å². The standard InChI is InChI=1S/C23H21F2N5O4S/c1-29(2)35-28-16-6-3-5-14(19(16)24)11-30-22(31)34-21-15(23(30)12-32-13-23)8-9-17(20(21)25)33-18-7-4-10-26-27-18/h3-10,28H,11-13H2,1-2H3. The predicted molar refractivity (Wildman–Crippen MR) is 124 cm³/mol. The van der Waals surface area contributed by atoms with E-state index in [-0.39, 0.29) is 48.4 Å². The molecule has 35 heavy (non-hydrogen) atoms. The Bertz CT molecular complexity index is 1260. The van der Waals surface area contributed by atoms with Crippen LogP contribution in [0.15, 0.2) is 48.7 Å². The number of carbonyl (C=O) groups excluding carboxylic acids is 1. The van der Waals surface area contributed by atoms with Gasteiger partial charge >= 0.3 is 6.09 Å². The van der Waals surface area contributed by atoms with Crippen LogP contribution in [0.2, 0.25) is 0 Å². The number of anilines is 1. The summed E-state index contributed by atoms with van der Waals surface area (Å²) >= 11 is 1.22. The topological polar surface area (TPSA) is 89.1 Å². The molecule has 2 aromatic carbocycles. The Hall–Kier alpha value is -3.48. The molecule has 1 spiro atoms. The maximum Gasteiger partial charge on any atom is 0.416 e. The summed E-state index contributed by atoms with van der Waals surface area (Å²) in [6.07, 6.45) is 0.652. The van der Waals surface area contributed by atoms with Crippen molar-refractivity contribution in [3.05, 3.63) is 71.4 Å². The summed E-state index contributed by atoms with van der Waals surface area (Å²) in [5.74, 6) is -1.65. The van der Waals surface area contributed by atoms with Crippen LogP contribution in [0.25, 0.3) is 0 Å². The van der Waals surface area contributed by atoms with E-state index >= 15 is 8.78 Å². The van der Waals surface area contributed by atoms with Crippen LogP contribution in [0.5, 0.6) is 17.4 Å². The molecule has 182 valence electrons. The number of ether oxygens (including phenoxy) is 3. The molecule has 0 atom stereocenters.